The lowest BCUT2D eigenvalue weighted by Crippen LogP contribution is -2.32. The zero-order valence-electron chi connectivity index (χ0n) is 12.5. The van der Waals surface area contributed by atoms with Crippen LogP contribution in [0.4, 0.5) is 8.78 Å². The molecule has 0 radical (unpaired) electrons. The first-order valence-electron chi connectivity index (χ1n) is 7.29. The Morgan fingerprint density at radius 3 is 2.79 bits per heavy atom. The van der Waals surface area contributed by atoms with Gasteiger partial charge < -0.3 is 10.0 Å². The molecular formula is C17H13F2N3O2. The van der Waals surface area contributed by atoms with Gasteiger partial charge in [-0.25, -0.2) is 8.78 Å². The van der Waals surface area contributed by atoms with Crippen molar-refractivity contribution in [3.05, 3.63) is 65.0 Å². The van der Waals surface area contributed by atoms with Crippen molar-refractivity contribution in [2.24, 2.45) is 0 Å². The van der Waals surface area contributed by atoms with E-state index in [9.17, 15) is 18.7 Å². The first-order chi connectivity index (χ1) is 11.5. The van der Waals surface area contributed by atoms with Gasteiger partial charge in [-0.2, -0.15) is 5.26 Å². The van der Waals surface area contributed by atoms with E-state index in [2.05, 4.69) is 4.98 Å². The fraction of sp³-hybridized carbons (Fsp3) is 0.235. The number of nitrogens with zero attached hydrogens (tertiary/aromatic N) is 3. The average Bonchev–Trinajstić information content (AvgIpc) is 2.98. The van der Waals surface area contributed by atoms with E-state index >= 15 is 0 Å². The van der Waals surface area contributed by atoms with Crippen molar-refractivity contribution in [1.29, 1.82) is 5.26 Å². The van der Waals surface area contributed by atoms with Crippen molar-refractivity contribution in [2.45, 2.75) is 18.6 Å². The van der Waals surface area contributed by atoms with Gasteiger partial charge >= 0.3 is 0 Å². The van der Waals surface area contributed by atoms with Gasteiger partial charge in [0.25, 0.3) is 5.91 Å². The predicted molar refractivity (Wildman–Crippen MR) is 79.7 cm³/mol. The van der Waals surface area contributed by atoms with Crippen molar-refractivity contribution in [3.8, 4) is 6.07 Å². The topological polar surface area (TPSA) is 77.2 Å². The highest BCUT2D eigenvalue weighted by Gasteiger charge is 2.36. The van der Waals surface area contributed by atoms with Crippen molar-refractivity contribution < 1.29 is 18.7 Å². The molecule has 1 saturated heterocycles. The molecule has 24 heavy (non-hydrogen) atoms. The summed E-state index contributed by atoms with van der Waals surface area (Å²) in [6.45, 7) is 0.0565. The van der Waals surface area contributed by atoms with Gasteiger partial charge in [0.05, 0.1) is 23.8 Å². The number of pyridine rings is 1. The van der Waals surface area contributed by atoms with Gasteiger partial charge in [-0.05, 0) is 36.2 Å². The number of aliphatic hydroxyl groups is 1. The summed E-state index contributed by atoms with van der Waals surface area (Å²) in [5, 5.41) is 18.8. The van der Waals surface area contributed by atoms with E-state index in [1.165, 1.54) is 29.3 Å². The van der Waals surface area contributed by atoms with Crippen LogP contribution in [0.5, 0.6) is 0 Å². The SMILES string of the molecule is N#Cc1ccnc(C(=O)N2C[C@@H](O)C[C@H]2c2ccc(F)c(F)c2)c1. The molecule has 1 amide bonds. The highest BCUT2D eigenvalue weighted by molar-refractivity contribution is 5.93. The molecule has 1 N–H and O–H groups in total. The zero-order valence-corrected chi connectivity index (χ0v) is 12.5. The third-order valence-electron chi connectivity index (χ3n) is 3.98. The molecule has 5 nitrogen and oxygen atoms in total. The molecule has 1 aliphatic heterocycles. The third kappa shape index (κ3) is 2.96. The molecule has 7 heteroatoms. The van der Waals surface area contributed by atoms with Crippen LogP contribution in [0.2, 0.25) is 0 Å². The van der Waals surface area contributed by atoms with E-state index in [1.54, 1.807) is 0 Å². The van der Waals surface area contributed by atoms with Gasteiger partial charge in [0, 0.05) is 12.7 Å². The Balaban J connectivity index is 1.93. The van der Waals surface area contributed by atoms with Crippen LogP contribution in [0.15, 0.2) is 36.5 Å². The number of aliphatic hydroxyl groups excluding tert-OH is 1. The Morgan fingerprint density at radius 1 is 1.29 bits per heavy atom. The van der Waals surface area contributed by atoms with Gasteiger partial charge in [-0.3, -0.25) is 9.78 Å². The maximum absolute atomic E-state index is 13.5. The number of hydrogen-bond acceptors (Lipinski definition) is 4. The predicted octanol–water partition coefficient (Wildman–Crippen LogP) is 2.18. The molecule has 0 bridgehead atoms. The molecule has 0 unspecified atom stereocenters. The lowest BCUT2D eigenvalue weighted by atomic mass is 10.0. The lowest BCUT2D eigenvalue weighted by Gasteiger charge is -2.24. The number of rotatable bonds is 2. The standard InChI is InChI=1S/C17H13F2N3O2/c18-13-2-1-11(6-14(13)19)16-7-12(23)9-22(16)17(24)15-5-10(8-20)3-4-21-15/h1-6,12,16,23H,7,9H2/t12-,16-/m0/s1. The first-order valence-corrected chi connectivity index (χ1v) is 7.29. The number of benzene rings is 1. The average molecular weight is 329 g/mol. The summed E-state index contributed by atoms with van der Waals surface area (Å²) in [6.07, 6.45) is 0.797. The second-order valence-electron chi connectivity index (χ2n) is 5.58. The molecule has 0 aliphatic carbocycles. The summed E-state index contributed by atoms with van der Waals surface area (Å²) in [5.41, 5.74) is 0.753. The Kier molecular flexibility index (Phi) is 4.23. The quantitative estimate of drug-likeness (QED) is 0.916. The van der Waals surface area contributed by atoms with Crippen LogP contribution in [0.3, 0.4) is 0 Å². The summed E-state index contributed by atoms with van der Waals surface area (Å²) in [5.74, 6) is -2.46. The first kappa shape index (κ1) is 16.0. The van der Waals surface area contributed by atoms with Gasteiger partial charge in [0.15, 0.2) is 11.6 Å². The maximum Gasteiger partial charge on any atom is 0.273 e. The molecule has 122 valence electrons. The Labute approximate surface area is 136 Å². The Hall–Kier alpha value is -2.85. The fourth-order valence-electron chi connectivity index (χ4n) is 2.84. The highest BCUT2D eigenvalue weighted by Crippen LogP contribution is 2.33. The zero-order chi connectivity index (χ0) is 17.3. The largest absolute Gasteiger partial charge is 0.391 e. The third-order valence-corrected chi connectivity index (χ3v) is 3.98. The van der Waals surface area contributed by atoms with Crippen LogP contribution < -0.4 is 0 Å². The monoisotopic (exact) mass is 329 g/mol. The number of amides is 1. The summed E-state index contributed by atoms with van der Waals surface area (Å²) in [6, 6.07) is 7.58. The van der Waals surface area contributed by atoms with E-state index in [-0.39, 0.29) is 24.2 Å². The van der Waals surface area contributed by atoms with Gasteiger partial charge in [-0.1, -0.05) is 6.07 Å². The van der Waals surface area contributed by atoms with Crippen molar-refractivity contribution in [3.63, 3.8) is 0 Å². The molecule has 1 fully saturated rings. The van der Waals surface area contributed by atoms with Crippen LogP contribution in [-0.4, -0.2) is 33.5 Å². The molecule has 2 atom stereocenters. The van der Waals surface area contributed by atoms with Crippen molar-refractivity contribution in [2.75, 3.05) is 6.54 Å². The van der Waals surface area contributed by atoms with Crippen LogP contribution >= 0.6 is 0 Å². The van der Waals surface area contributed by atoms with Gasteiger partial charge in [0.1, 0.15) is 5.69 Å². The smallest absolute Gasteiger partial charge is 0.273 e. The van der Waals surface area contributed by atoms with Gasteiger partial charge in [0.2, 0.25) is 0 Å². The molecule has 2 heterocycles. The lowest BCUT2D eigenvalue weighted by molar-refractivity contribution is 0.0709. The number of hydrogen-bond donors (Lipinski definition) is 1. The molecular weight excluding hydrogens is 316 g/mol. The second-order valence-corrected chi connectivity index (χ2v) is 5.58. The summed E-state index contributed by atoms with van der Waals surface area (Å²) < 4.78 is 26.6. The van der Waals surface area contributed by atoms with E-state index in [4.69, 9.17) is 5.26 Å². The summed E-state index contributed by atoms with van der Waals surface area (Å²) in [7, 11) is 0. The van der Waals surface area contributed by atoms with E-state index in [0.29, 0.717) is 5.56 Å². The molecule has 1 aromatic heterocycles. The second kappa shape index (κ2) is 6.34. The number of β-amino-alcohol motifs (C(OH)–C–C–N with tert-alkyl or cyclic N) is 1. The van der Waals surface area contributed by atoms with E-state index in [0.717, 1.165) is 12.1 Å². The summed E-state index contributed by atoms with van der Waals surface area (Å²) in [4.78, 5) is 18.0. The van der Waals surface area contributed by atoms with Gasteiger partial charge in [-0.15, -0.1) is 0 Å². The normalized spacial score (nSPS) is 20.0. The van der Waals surface area contributed by atoms with Crippen molar-refractivity contribution in [1.82, 2.24) is 9.88 Å². The number of nitriles is 1. The molecule has 0 spiro atoms. The van der Waals surface area contributed by atoms with Crippen molar-refractivity contribution >= 4 is 5.91 Å². The fourth-order valence-corrected chi connectivity index (χ4v) is 2.84. The minimum atomic E-state index is -1.01. The maximum atomic E-state index is 13.5. The molecule has 0 saturated carbocycles. The Morgan fingerprint density at radius 2 is 2.08 bits per heavy atom. The van der Waals surface area contributed by atoms with Crippen LogP contribution in [0.25, 0.3) is 0 Å². The van der Waals surface area contributed by atoms with E-state index < -0.39 is 29.7 Å². The van der Waals surface area contributed by atoms with Crippen LogP contribution in [0, 0.1) is 23.0 Å². The molecule has 3 rings (SSSR count). The number of aromatic nitrogens is 1. The van der Waals surface area contributed by atoms with Crippen LogP contribution in [-0.2, 0) is 0 Å². The highest BCUT2D eigenvalue weighted by atomic mass is 19.2. The minimum Gasteiger partial charge on any atom is -0.391 e. The number of halogens is 2. The molecule has 2 aromatic rings. The molecule has 1 aliphatic rings. The Bertz CT molecular complexity index is 835. The van der Waals surface area contributed by atoms with E-state index in [1.807, 2.05) is 6.07 Å². The molecule has 1 aromatic carbocycles. The number of likely N-dealkylation sites (tertiary alicyclic amines) is 1. The number of carbonyl (C=O) groups is 1. The number of carbonyl (C=O) groups excluding carboxylic acids is 1. The summed E-state index contributed by atoms with van der Waals surface area (Å²) >= 11 is 0. The minimum absolute atomic E-state index is 0.0565. The van der Waals surface area contributed by atoms with Crippen LogP contribution in [0.1, 0.15) is 34.1 Å².